The van der Waals surface area contributed by atoms with Crippen molar-refractivity contribution in [1.82, 2.24) is 0 Å². The zero-order valence-corrected chi connectivity index (χ0v) is 9.16. The summed E-state index contributed by atoms with van der Waals surface area (Å²) in [7, 11) is 0. The zero-order chi connectivity index (χ0) is 10.0. The van der Waals surface area contributed by atoms with Gasteiger partial charge in [0.15, 0.2) is 0 Å². The van der Waals surface area contributed by atoms with Crippen LogP contribution in [0.4, 0.5) is 0 Å². The molecule has 0 heterocycles. The lowest BCUT2D eigenvalue weighted by Crippen LogP contribution is -2.31. The molecule has 0 aromatic carbocycles. The third kappa shape index (κ3) is 2.96. The highest BCUT2D eigenvalue weighted by Gasteiger charge is 2.38. The van der Waals surface area contributed by atoms with Gasteiger partial charge < -0.3 is 11.5 Å². The second-order valence-corrected chi connectivity index (χ2v) is 4.99. The van der Waals surface area contributed by atoms with Gasteiger partial charge in [0, 0.05) is 6.04 Å². The van der Waals surface area contributed by atoms with E-state index < -0.39 is 0 Å². The largest absolute Gasteiger partial charge is 0.330 e. The van der Waals surface area contributed by atoms with Crippen LogP contribution in [0.25, 0.3) is 0 Å². The maximum Gasteiger partial charge on any atom is 0.00413 e. The van der Waals surface area contributed by atoms with Gasteiger partial charge in [0.05, 0.1) is 0 Å². The molecule has 78 valence electrons. The lowest BCUT2D eigenvalue weighted by atomic mass is 9.85. The molecule has 0 radical (unpaired) electrons. The Morgan fingerprint density at radius 1 is 1.23 bits per heavy atom. The normalized spacial score (nSPS) is 31.8. The lowest BCUT2D eigenvalue weighted by molar-refractivity contribution is 0.292. The van der Waals surface area contributed by atoms with Gasteiger partial charge in [-0.15, -0.1) is 0 Å². The SMILES string of the molecule is CC(C)C(CC1CC1CN)C(C)N. The summed E-state index contributed by atoms with van der Waals surface area (Å²) in [4.78, 5) is 0. The van der Waals surface area contributed by atoms with Crippen LogP contribution in [-0.2, 0) is 0 Å². The molecule has 0 aromatic heterocycles. The first-order valence-electron chi connectivity index (χ1n) is 5.51. The number of hydrogen-bond donors (Lipinski definition) is 2. The molecule has 0 saturated heterocycles. The Morgan fingerprint density at radius 3 is 2.15 bits per heavy atom. The summed E-state index contributed by atoms with van der Waals surface area (Å²) in [5.41, 5.74) is 11.6. The summed E-state index contributed by atoms with van der Waals surface area (Å²) in [6, 6.07) is 0.332. The van der Waals surface area contributed by atoms with Crippen molar-refractivity contribution in [2.75, 3.05) is 6.54 Å². The summed E-state index contributed by atoms with van der Waals surface area (Å²) in [6.07, 6.45) is 2.63. The van der Waals surface area contributed by atoms with Gasteiger partial charge in [0.25, 0.3) is 0 Å². The first-order chi connectivity index (χ1) is 6.06. The smallest absolute Gasteiger partial charge is 0.00413 e. The molecule has 13 heavy (non-hydrogen) atoms. The molecule has 4 N–H and O–H groups in total. The van der Waals surface area contributed by atoms with E-state index in [0.29, 0.717) is 17.9 Å². The van der Waals surface area contributed by atoms with E-state index in [9.17, 15) is 0 Å². The van der Waals surface area contributed by atoms with Gasteiger partial charge in [0.1, 0.15) is 0 Å². The van der Waals surface area contributed by atoms with Crippen LogP contribution in [0.3, 0.4) is 0 Å². The minimum atomic E-state index is 0.332. The van der Waals surface area contributed by atoms with Gasteiger partial charge in [0.2, 0.25) is 0 Å². The van der Waals surface area contributed by atoms with Crippen molar-refractivity contribution in [2.45, 2.75) is 39.7 Å². The predicted molar refractivity (Wildman–Crippen MR) is 57.2 cm³/mol. The van der Waals surface area contributed by atoms with Crippen LogP contribution in [0, 0.1) is 23.7 Å². The molecule has 2 heteroatoms. The summed E-state index contributed by atoms with van der Waals surface area (Å²) < 4.78 is 0. The highest BCUT2D eigenvalue weighted by Crippen LogP contribution is 2.43. The van der Waals surface area contributed by atoms with Crippen LogP contribution >= 0.6 is 0 Å². The van der Waals surface area contributed by atoms with Gasteiger partial charge in [-0.25, -0.2) is 0 Å². The van der Waals surface area contributed by atoms with Crippen molar-refractivity contribution >= 4 is 0 Å². The van der Waals surface area contributed by atoms with E-state index in [-0.39, 0.29) is 0 Å². The third-order valence-electron chi connectivity index (χ3n) is 3.48. The summed E-state index contributed by atoms with van der Waals surface area (Å²) in [5, 5.41) is 0. The van der Waals surface area contributed by atoms with Crippen molar-refractivity contribution < 1.29 is 0 Å². The molecular weight excluding hydrogens is 160 g/mol. The van der Waals surface area contributed by atoms with Crippen LogP contribution in [0.1, 0.15) is 33.6 Å². The third-order valence-corrected chi connectivity index (χ3v) is 3.48. The van der Waals surface area contributed by atoms with Gasteiger partial charge in [-0.3, -0.25) is 0 Å². The van der Waals surface area contributed by atoms with Gasteiger partial charge in [-0.1, -0.05) is 13.8 Å². The molecule has 1 saturated carbocycles. The van der Waals surface area contributed by atoms with Crippen LogP contribution in [0.15, 0.2) is 0 Å². The van der Waals surface area contributed by atoms with E-state index in [1.54, 1.807) is 0 Å². The summed E-state index contributed by atoms with van der Waals surface area (Å²) in [5.74, 6) is 3.07. The fourth-order valence-electron chi connectivity index (χ4n) is 2.33. The van der Waals surface area contributed by atoms with Crippen LogP contribution in [-0.4, -0.2) is 12.6 Å². The Hall–Kier alpha value is -0.0800. The zero-order valence-electron chi connectivity index (χ0n) is 9.16. The number of rotatable bonds is 5. The molecule has 1 aliphatic carbocycles. The second kappa shape index (κ2) is 4.43. The molecular formula is C11H24N2. The van der Waals surface area contributed by atoms with Crippen LogP contribution in [0.5, 0.6) is 0 Å². The van der Waals surface area contributed by atoms with E-state index in [0.717, 1.165) is 18.4 Å². The molecule has 0 bridgehead atoms. The summed E-state index contributed by atoms with van der Waals surface area (Å²) >= 11 is 0. The average molecular weight is 184 g/mol. The Morgan fingerprint density at radius 2 is 1.85 bits per heavy atom. The molecule has 0 aliphatic heterocycles. The maximum atomic E-state index is 5.97. The molecule has 1 aliphatic rings. The maximum absolute atomic E-state index is 5.97. The molecule has 0 spiro atoms. The Labute approximate surface area is 82.1 Å². The van der Waals surface area contributed by atoms with Crippen LogP contribution in [0.2, 0.25) is 0 Å². The Kier molecular flexibility index (Phi) is 3.74. The first-order valence-corrected chi connectivity index (χ1v) is 5.51. The van der Waals surface area contributed by atoms with E-state index in [4.69, 9.17) is 11.5 Å². The Balaban J connectivity index is 2.32. The highest BCUT2D eigenvalue weighted by molar-refractivity contribution is 4.90. The van der Waals surface area contributed by atoms with E-state index >= 15 is 0 Å². The average Bonchev–Trinajstić information content (AvgIpc) is 2.77. The quantitative estimate of drug-likeness (QED) is 0.681. The van der Waals surface area contributed by atoms with E-state index in [1.807, 2.05) is 0 Å². The molecule has 0 amide bonds. The highest BCUT2D eigenvalue weighted by atomic mass is 14.7. The van der Waals surface area contributed by atoms with E-state index in [2.05, 4.69) is 20.8 Å². The number of hydrogen-bond acceptors (Lipinski definition) is 2. The van der Waals surface area contributed by atoms with Gasteiger partial charge in [-0.05, 0) is 50.0 Å². The number of nitrogens with two attached hydrogens (primary N) is 2. The molecule has 4 unspecified atom stereocenters. The van der Waals surface area contributed by atoms with Crippen molar-refractivity contribution in [3.63, 3.8) is 0 Å². The van der Waals surface area contributed by atoms with Gasteiger partial charge in [-0.2, -0.15) is 0 Å². The lowest BCUT2D eigenvalue weighted by Gasteiger charge is -2.24. The minimum Gasteiger partial charge on any atom is -0.330 e. The first kappa shape index (κ1) is 11.0. The topological polar surface area (TPSA) is 52.0 Å². The standard InChI is InChI=1S/C11H24N2/c1-7(2)11(8(3)13)5-9-4-10(9)6-12/h7-11H,4-6,12-13H2,1-3H3. The van der Waals surface area contributed by atoms with E-state index in [1.165, 1.54) is 12.8 Å². The van der Waals surface area contributed by atoms with Crippen LogP contribution < -0.4 is 11.5 Å². The predicted octanol–water partition coefficient (Wildman–Crippen LogP) is 1.59. The second-order valence-electron chi connectivity index (χ2n) is 4.99. The molecule has 2 nitrogen and oxygen atoms in total. The van der Waals surface area contributed by atoms with Crippen molar-refractivity contribution in [3.05, 3.63) is 0 Å². The molecule has 4 atom stereocenters. The summed E-state index contributed by atoms with van der Waals surface area (Å²) in [6.45, 7) is 7.54. The minimum absolute atomic E-state index is 0.332. The van der Waals surface area contributed by atoms with Crippen molar-refractivity contribution in [1.29, 1.82) is 0 Å². The van der Waals surface area contributed by atoms with Crippen molar-refractivity contribution in [3.8, 4) is 0 Å². The fraction of sp³-hybridized carbons (Fsp3) is 1.00. The van der Waals surface area contributed by atoms with Crippen molar-refractivity contribution in [2.24, 2.45) is 35.1 Å². The molecule has 1 fully saturated rings. The monoisotopic (exact) mass is 184 g/mol. The Bertz CT molecular complexity index is 146. The molecule has 1 rings (SSSR count). The molecule has 0 aromatic rings. The fourth-order valence-corrected chi connectivity index (χ4v) is 2.33. The van der Waals surface area contributed by atoms with Gasteiger partial charge >= 0.3 is 0 Å².